The summed E-state index contributed by atoms with van der Waals surface area (Å²) in [5, 5.41) is 9.21. The van der Waals surface area contributed by atoms with Gasteiger partial charge in [0.2, 0.25) is 0 Å². The fourth-order valence-corrected chi connectivity index (χ4v) is 5.26. The molecule has 3 fully saturated rings. The van der Waals surface area contributed by atoms with E-state index in [1.807, 2.05) is 11.0 Å². The van der Waals surface area contributed by atoms with Gasteiger partial charge >= 0.3 is 5.97 Å². The molecule has 5 rings (SSSR count). The molecule has 30 heavy (non-hydrogen) atoms. The van der Waals surface area contributed by atoms with Crippen molar-refractivity contribution in [3.63, 3.8) is 0 Å². The van der Waals surface area contributed by atoms with Crippen molar-refractivity contribution in [1.82, 2.24) is 4.90 Å². The van der Waals surface area contributed by atoms with E-state index in [2.05, 4.69) is 24.3 Å². The molecule has 5 nitrogen and oxygen atoms in total. The first-order valence-electron chi connectivity index (χ1n) is 10.9. The van der Waals surface area contributed by atoms with E-state index in [1.54, 1.807) is 18.2 Å². The van der Waals surface area contributed by atoms with E-state index in [-0.39, 0.29) is 12.0 Å². The van der Waals surface area contributed by atoms with Crippen LogP contribution in [0.1, 0.15) is 53.9 Å². The Bertz CT molecular complexity index is 953. The van der Waals surface area contributed by atoms with Gasteiger partial charge in [0.25, 0.3) is 5.91 Å². The molecule has 1 N–H and O–H groups in total. The zero-order valence-corrected chi connectivity index (χ0v) is 17.0. The second kappa shape index (κ2) is 7.55. The van der Waals surface area contributed by atoms with Crippen molar-refractivity contribution in [3.8, 4) is 11.1 Å². The molecule has 0 unspecified atom stereocenters. The van der Waals surface area contributed by atoms with E-state index in [9.17, 15) is 14.7 Å². The molecule has 2 heterocycles. The topological polar surface area (TPSA) is 66.8 Å². The number of aromatic carboxylic acids is 1. The largest absolute Gasteiger partial charge is 0.478 e. The van der Waals surface area contributed by atoms with Crippen LogP contribution in [0, 0.1) is 5.41 Å². The van der Waals surface area contributed by atoms with Gasteiger partial charge in [-0.1, -0.05) is 36.4 Å². The standard InChI is InChI=1S/C25H27NO4/c27-23(22-5-2-14-30-22)26-12-10-25(11-13-26)16-21(25)18-8-6-17(7-9-18)19-3-1-4-20(15-19)24(28)29/h1,3-4,6-9,15,21-22H,2,5,10-14,16H2,(H,28,29)/t21-,22-/m1/s1. The summed E-state index contributed by atoms with van der Waals surface area (Å²) >= 11 is 0. The van der Waals surface area contributed by atoms with Gasteiger partial charge in [-0.15, -0.1) is 0 Å². The van der Waals surface area contributed by atoms with Crippen molar-refractivity contribution in [3.05, 3.63) is 59.7 Å². The molecule has 1 amide bonds. The summed E-state index contributed by atoms with van der Waals surface area (Å²) in [6.07, 6.45) is 4.98. The molecular weight excluding hydrogens is 378 g/mol. The second-order valence-electron chi connectivity index (χ2n) is 8.95. The third kappa shape index (κ3) is 3.52. The summed E-state index contributed by atoms with van der Waals surface area (Å²) in [5.41, 5.74) is 3.97. The van der Waals surface area contributed by atoms with Crippen molar-refractivity contribution in [2.75, 3.05) is 19.7 Å². The minimum Gasteiger partial charge on any atom is -0.478 e. The van der Waals surface area contributed by atoms with Crippen LogP contribution in [0.15, 0.2) is 48.5 Å². The van der Waals surface area contributed by atoms with E-state index in [0.717, 1.165) is 49.9 Å². The van der Waals surface area contributed by atoms with E-state index in [0.29, 0.717) is 23.5 Å². The van der Waals surface area contributed by atoms with Crippen molar-refractivity contribution in [2.45, 2.75) is 44.1 Å². The Morgan fingerprint density at radius 1 is 1.03 bits per heavy atom. The summed E-state index contributed by atoms with van der Waals surface area (Å²) in [4.78, 5) is 25.8. The van der Waals surface area contributed by atoms with Gasteiger partial charge in [-0.25, -0.2) is 4.79 Å². The van der Waals surface area contributed by atoms with Crippen molar-refractivity contribution >= 4 is 11.9 Å². The minimum absolute atomic E-state index is 0.187. The lowest BCUT2D eigenvalue weighted by molar-refractivity contribution is -0.142. The SMILES string of the molecule is O=C(O)c1cccc(-c2ccc([C@H]3CC34CCN(C(=O)[C@H]3CCCO3)CC4)cc2)c1. The van der Waals surface area contributed by atoms with Crippen LogP contribution in [0.5, 0.6) is 0 Å². The minimum atomic E-state index is -0.905. The van der Waals surface area contributed by atoms with Gasteiger partial charge in [0.15, 0.2) is 0 Å². The number of rotatable bonds is 4. The number of carboxylic acids is 1. The molecule has 2 saturated heterocycles. The quantitative estimate of drug-likeness (QED) is 0.822. The number of nitrogens with zero attached hydrogens (tertiary/aromatic N) is 1. The lowest BCUT2D eigenvalue weighted by Gasteiger charge is -2.34. The molecule has 5 heteroatoms. The highest BCUT2D eigenvalue weighted by atomic mass is 16.5. The molecule has 156 valence electrons. The summed E-state index contributed by atoms with van der Waals surface area (Å²) in [6.45, 7) is 2.40. The molecular formula is C25H27NO4. The highest BCUT2D eigenvalue weighted by Crippen LogP contribution is 2.65. The van der Waals surface area contributed by atoms with Crippen molar-refractivity contribution in [2.24, 2.45) is 5.41 Å². The third-order valence-electron chi connectivity index (χ3n) is 7.22. The number of likely N-dealkylation sites (tertiary alicyclic amines) is 1. The molecule has 2 atom stereocenters. The zero-order chi connectivity index (χ0) is 20.7. The van der Waals surface area contributed by atoms with Crippen LogP contribution in [0.3, 0.4) is 0 Å². The van der Waals surface area contributed by atoms with Gasteiger partial charge in [-0.3, -0.25) is 4.79 Å². The fourth-order valence-electron chi connectivity index (χ4n) is 5.26. The fraction of sp³-hybridized carbons (Fsp3) is 0.440. The van der Waals surface area contributed by atoms with Gasteiger partial charge < -0.3 is 14.7 Å². The Morgan fingerprint density at radius 3 is 2.47 bits per heavy atom. The Hall–Kier alpha value is -2.66. The Balaban J connectivity index is 1.22. The van der Waals surface area contributed by atoms with E-state index < -0.39 is 5.97 Å². The molecule has 0 bridgehead atoms. The summed E-state index contributed by atoms with van der Waals surface area (Å²) < 4.78 is 5.57. The monoisotopic (exact) mass is 405 g/mol. The maximum absolute atomic E-state index is 12.6. The molecule has 1 spiro atoms. The van der Waals surface area contributed by atoms with E-state index in [1.165, 1.54) is 12.0 Å². The number of carboxylic acid groups (broad SMARTS) is 1. The normalized spacial score (nSPS) is 24.7. The van der Waals surface area contributed by atoms with Crippen molar-refractivity contribution < 1.29 is 19.4 Å². The lowest BCUT2D eigenvalue weighted by Crippen LogP contribution is -2.44. The summed E-state index contributed by atoms with van der Waals surface area (Å²) in [6, 6.07) is 15.6. The third-order valence-corrected chi connectivity index (χ3v) is 7.22. The number of hydrogen-bond acceptors (Lipinski definition) is 3. The predicted molar refractivity (Wildman–Crippen MR) is 113 cm³/mol. The number of carbonyl (C=O) groups excluding carboxylic acids is 1. The van der Waals surface area contributed by atoms with Gasteiger partial charge in [0, 0.05) is 19.7 Å². The molecule has 1 saturated carbocycles. The Kier molecular flexibility index (Phi) is 4.86. The van der Waals surface area contributed by atoms with Crippen LogP contribution >= 0.6 is 0 Å². The number of ether oxygens (including phenoxy) is 1. The first kappa shape index (κ1) is 19.3. The van der Waals surface area contributed by atoms with Gasteiger partial charge in [0.1, 0.15) is 6.10 Å². The van der Waals surface area contributed by atoms with Crippen LogP contribution in [0.2, 0.25) is 0 Å². The first-order valence-corrected chi connectivity index (χ1v) is 10.9. The first-order chi connectivity index (χ1) is 14.6. The van der Waals surface area contributed by atoms with E-state index >= 15 is 0 Å². The smallest absolute Gasteiger partial charge is 0.335 e. The van der Waals surface area contributed by atoms with Crippen LogP contribution in [-0.2, 0) is 9.53 Å². The number of benzene rings is 2. The average molecular weight is 405 g/mol. The van der Waals surface area contributed by atoms with Crippen LogP contribution in [0.25, 0.3) is 11.1 Å². The van der Waals surface area contributed by atoms with Crippen LogP contribution < -0.4 is 0 Å². The van der Waals surface area contributed by atoms with Crippen LogP contribution in [-0.4, -0.2) is 47.7 Å². The molecule has 1 aliphatic carbocycles. The molecule has 2 aromatic rings. The summed E-state index contributed by atoms with van der Waals surface area (Å²) in [7, 11) is 0. The number of carbonyl (C=O) groups is 2. The Morgan fingerprint density at radius 2 is 1.80 bits per heavy atom. The molecule has 0 aromatic heterocycles. The van der Waals surface area contributed by atoms with Gasteiger partial charge in [-0.2, -0.15) is 0 Å². The van der Waals surface area contributed by atoms with Gasteiger partial charge in [0.05, 0.1) is 5.56 Å². The highest BCUT2D eigenvalue weighted by molar-refractivity contribution is 5.89. The van der Waals surface area contributed by atoms with Gasteiger partial charge in [-0.05, 0) is 72.3 Å². The number of hydrogen-bond donors (Lipinski definition) is 1. The maximum Gasteiger partial charge on any atom is 0.335 e. The zero-order valence-electron chi connectivity index (χ0n) is 17.0. The summed E-state index contributed by atoms with van der Waals surface area (Å²) in [5.74, 6) is -0.151. The maximum atomic E-state index is 12.6. The average Bonchev–Trinajstić information content (AvgIpc) is 3.20. The molecule has 2 aliphatic heterocycles. The van der Waals surface area contributed by atoms with Crippen molar-refractivity contribution in [1.29, 1.82) is 0 Å². The number of amides is 1. The van der Waals surface area contributed by atoms with Crippen LogP contribution in [0.4, 0.5) is 0 Å². The number of piperidine rings is 1. The molecule has 2 aromatic carbocycles. The molecule has 0 radical (unpaired) electrons. The van der Waals surface area contributed by atoms with E-state index in [4.69, 9.17) is 4.74 Å². The molecule has 3 aliphatic rings. The second-order valence-corrected chi connectivity index (χ2v) is 8.95. The Labute approximate surface area is 176 Å². The lowest BCUT2D eigenvalue weighted by atomic mass is 9.88. The predicted octanol–water partition coefficient (Wildman–Crippen LogP) is 4.33. The highest BCUT2D eigenvalue weighted by Gasteiger charge is 2.55.